The predicted octanol–water partition coefficient (Wildman–Crippen LogP) is 3.00. The smallest absolute Gasteiger partial charge is 0.249 e. The Hall–Kier alpha value is -0.830. The fourth-order valence-corrected chi connectivity index (χ4v) is 2.70. The summed E-state index contributed by atoms with van der Waals surface area (Å²) in [5.74, 6) is 0.766. The molecule has 3 heteroatoms. The van der Waals surface area contributed by atoms with Crippen LogP contribution in [0.3, 0.4) is 0 Å². The fraction of sp³-hybridized carbons (Fsp3) is 0.545. The first-order valence-corrected chi connectivity index (χ1v) is 5.77. The van der Waals surface area contributed by atoms with Crippen LogP contribution in [0.25, 0.3) is 0 Å². The molecule has 1 unspecified atom stereocenters. The van der Waals surface area contributed by atoms with E-state index >= 15 is 0 Å². The molecule has 1 aromatic rings. The van der Waals surface area contributed by atoms with Crippen molar-refractivity contribution in [3.63, 3.8) is 0 Å². The zero-order valence-electron chi connectivity index (χ0n) is 8.91. The first-order valence-electron chi connectivity index (χ1n) is 4.89. The maximum absolute atomic E-state index is 11.1. The van der Waals surface area contributed by atoms with E-state index in [1.165, 1.54) is 0 Å². The Kier molecular flexibility index (Phi) is 3.69. The van der Waals surface area contributed by atoms with Crippen molar-refractivity contribution in [2.24, 2.45) is 11.7 Å². The summed E-state index contributed by atoms with van der Waals surface area (Å²) >= 11 is 1.63. The zero-order chi connectivity index (χ0) is 10.7. The lowest BCUT2D eigenvalue weighted by Crippen LogP contribution is -2.13. The van der Waals surface area contributed by atoms with Crippen molar-refractivity contribution in [3.8, 4) is 0 Å². The average Bonchev–Trinajstić information content (AvgIpc) is 2.49. The van der Waals surface area contributed by atoms with Crippen LogP contribution < -0.4 is 5.73 Å². The normalized spacial score (nSPS) is 13.1. The van der Waals surface area contributed by atoms with Crippen molar-refractivity contribution in [1.82, 2.24) is 0 Å². The number of carbonyl (C=O) groups is 1. The molecule has 14 heavy (non-hydrogen) atoms. The highest BCUT2D eigenvalue weighted by Crippen LogP contribution is 2.30. The SMILES string of the molecule is CC(C)CC(C)c1sccc1C(N)=O. The maximum atomic E-state index is 11.1. The average molecular weight is 211 g/mol. The molecule has 1 rings (SSSR count). The first kappa shape index (κ1) is 11.2. The Bertz CT molecular complexity index is 317. The molecule has 0 aliphatic carbocycles. The largest absolute Gasteiger partial charge is 0.366 e. The molecule has 0 aliphatic heterocycles. The van der Waals surface area contributed by atoms with E-state index in [9.17, 15) is 4.79 Å². The molecule has 78 valence electrons. The Morgan fingerprint density at radius 3 is 2.64 bits per heavy atom. The van der Waals surface area contributed by atoms with Gasteiger partial charge in [-0.15, -0.1) is 11.3 Å². The molecule has 0 fully saturated rings. The molecule has 2 nitrogen and oxygen atoms in total. The quantitative estimate of drug-likeness (QED) is 0.817. The third kappa shape index (κ3) is 2.58. The molecular formula is C11H17NOS. The molecule has 0 aliphatic rings. The van der Waals surface area contributed by atoms with Crippen molar-refractivity contribution < 1.29 is 4.79 Å². The number of carbonyl (C=O) groups excluding carboxylic acids is 1. The molecule has 1 amide bonds. The lowest BCUT2D eigenvalue weighted by molar-refractivity contribution is 0.0999. The Labute approximate surface area is 89.1 Å². The van der Waals surface area contributed by atoms with Crippen LogP contribution in [-0.4, -0.2) is 5.91 Å². The van der Waals surface area contributed by atoms with Crippen molar-refractivity contribution in [3.05, 3.63) is 21.9 Å². The molecule has 2 N–H and O–H groups in total. The molecule has 1 aromatic heterocycles. The number of amides is 1. The van der Waals surface area contributed by atoms with Gasteiger partial charge in [0.15, 0.2) is 0 Å². The molecule has 0 saturated heterocycles. The predicted molar refractivity (Wildman–Crippen MR) is 60.7 cm³/mol. The minimum absolute atomic E-state index is 0.308. The minimum Gasteiger partial charge on any atom is -0.366 e. The van der Waals surface area contributed by atoms with Crippen LogP contribution in [0.5, 0.6) is 0 Å². The third-order valence-electron chi connectivity index (χ3n) is 2.23. The number of thiophene rings is 1. The van der Waals surface area contributed by atoms with Crippen LogP contribution in [0.1, 0.15) is 48.3 Å². The number of primary amides is 1. The fourth-order valence-electron chi connectivity index (χ4n) is 1.72. The highest BCUT2D eigenvalue weighted by molar-refractivity contribution is 7.10. The molecule has 0 radical (unpaired) electrons. The summed E-state index contributed by atoms with van der Waals surface area (Å²) in [5, 5.41) is 1.94. The van der Waals surface area contributed by atoms with Gasteiger partial charge in [-0.25, -0.2) is 0 Å². The lowest BCUT2D eigenvalue weighted by Gasteiger charge is -2.13. The summed E-state index contributed by atoms with van der Waals surface area (Å²) in [6, 6.07) is 1.82. The van der Waals surface area contributed by atoms with E-state index in [0.717, 1.165) is 11.3 Å². The monoisotopic (exact) mass is 211 g/mol. The van der Waals surface area contributed by atoms with Crippen molar-refractivity contribution in [1.29, 1.82) is 0 Å². The Morgan fingerprint density at radius 1 is 1.50 bits per heavy atom. The van der Waals surface area contributed by atoms with E-state index in [4.69, 9.17) is 5.73 Å². The van der Waals surface area contributed by atoms with Crippen molar-refractivity contribution >= 4 is 17.2 Å². The van der Waals surface area contributed by atoms with Gasteiger partial charge in [0.05, 0.1) is 5.56 Å². The molecule has 1 atom stereocenters. The van der Waals surface area contributed by atoms with Crippen LogP contribution in [0.4, 0.5) is 0 Å². The number of rotatable bonds is 4. The minimum atomic E-state index is -0.308. The van der Waals surface area contributed by atoms with Crippen LogP contribution in [0.2, 0.25) is 0 Å². The summed E-state index contributed by atoms with van der Waals surface area (Å²) in [5.41, 5.74) is 5.99. The Balaban J connectivity index is 2.84. The summed E-state index contributed by atoms with van der Waals surface area (Å²) in [6.45, 7) is 6.53. The summed E-state index contributed by atoms with van der Waals surface area (Å²) < 4.78 is 0. The van der Waals surface area contributed by atoms with Gasteiger partial charge in [0.1, 0.15) is 0 Å². The number of nitrogens with two attached hydrogens (primary N) is 1. The van der Waals surface area contributed by atoms with Gasteiger partial charge < -0.3 is 5.73 Å². The van der Waals surface area contributed by atoms with Crippen molar-refractivity contribution in [2.75, 3.05) is 0 Å². The molecular weight excluding hydrogens is 194 g/mol. The molecule has 0 saturated carbocycles. The van der Waals surface area contributed by atoms with Gasteiger partial charge in [-0.2, -0.15) is 0 Å². The second-order valence-electron chi connectivity index (χ2n) is 4.09. The Morgan fingerprint density at radius 2 is 2.14 bits per heavy atom. The summed E-state index contributed by atoms with van der Waals surface area (Å²) in [6.07, 6.45) is 1.10. The topological polar surface area (TPSA) is 43.1 Å². The molecule has 1 heterocycles. The van der Waals surface area contributed by atoms with E-state index in [0.29, 0.717) is 17.4 Å². The zero-order valence-corrected chi connectivity index (χ0v) is 9.73. The van der Waals surface area contributed by atoms with Gasteiger partial charge in [-0.3, -0.25) is 4.79 Å². The second kappa shape index (κ2) is 4.60. The van der Waals surface area contributed by atoms with Crippen LogP contribution in [0, 0.1) is 5.92 Å². The third-order valence-corrected chi connectivity index (χ3v) is 3.38. The van der Waals surface area contributed by atoms with Gasteiger partial charge >= 0.3 is 0 Å². The highest BCUT2D eigenvalue weighted by Gasteiger charge is 2.16. The van der Waals surface area contributed by atoms with E-state index in [1.807, 2.05) is 11.4 Å². The molecule has 0 bridgehead atoms. The van der Waals surface area contributed by atoms with Crippen LogP contribution in [-0.2, 0) is 0 Å². The van der Waals surface area contributed by atoms with E-state index in [2.05, 4.69) is 20.8 Å². The first-order chi connectivity index (χ1) is 6.52. The van der Waals surface area contributed by atoms with Gasteiger partial charge in [-0.05, 0) is 29.7 Å². The lowest BCUT2D eigenvalue weighted by atomic mass is 9.95. The van der Waals surface area contributed by atoms with Gasteiger partial charge in [0.2, 0.25) is 5.91 Å². The van der Waals surface area contributed by atoms with Crippen molar-refractivity contribution in [2.45, 2.75) is 33.1 Å². The molecule has 0 aromatic carbocycles. The second-order valence-corrected chi connectivity index (χ2v) is 5.04. The van der Waals surface area contributed by atoms with Gasteiger partial charge in [-0.1, -0.05) is 20.8 Å². The summed E-state index contributed by atoms with van der Waals surface area (Å²) in [7, 11) is 0. The van der Waals surface area contributed by atoms with E-state index in [-0.39, 0.29) is 5.91 Å². The molecule has 0 spiro atoms. The highest BCUT2D eigenvalue weighted by atomic mass is 32.1. The number of hydrogen-bond donors (Lipinski definition) is 1. The maximum Gasteiger partial charge on any atom is 0.249 e. The van der Waals surface area contributed by atoms with Crippen LogP contribution >= 0.6 is 11.3 Å². The number of hydrogen-bond acceptors (Lipinski definition) is 2. The van der Waals surface area contributed by atoms with Gasteiger partial charge in [0.25, 0.3) is 0 Å². The van der Waals surface area contributed by atoms with E-state index in [1.54, 1.807) is 11.3 Å². The standard InChI is InChI=1S/C11H17NOS/c1-7(2)6-8(3)10-9(11(12)13)4-5-14-10/h4-5,7-8H,6H2,1-3H3,(H2,12,13). The van der Waals surface area contributed by atoms with Gasteiger partial charge in [0, 0.05) is 4.88 Å². The van der Waals surface area contributed by atoms with E-state index < -0.39 is 0 Å². The summed E-state index contributed by atoms with van der Waals surface area (Å²) in [4.78, 5) is 12.2. The van der Waals surface area contributed by atoms with Crippen LogP contribution in [0.15, 0.2) is 11.4 Å².